The molecule has 6 heteroatoms. The number of nitrogens with zero attached hydrogens (tertiary/aromatic N) is 2. The van der Waals surface area contributed by atoms with Gasteiger partial charge in [-0.3, -0.25) is 4.79 Å². The minimum absolute atomic E-state index is 0.162. The Kier molecular flexibility index (Phi) is 4.50. The second kappa shape index (κ2) is 6.90. The molecule has 23 heavy (non-hydrogen) atoms. The fourth-order valence-electron chi connectivity index (χ4n) is 2.38. The van der Waals surface area contributed by atoms with E-state index in [1.807, 2.05) is 18.2 Å². The molecule has 6 nitrogen and oxygen atoms in total. The summed E-state index contributed by atoms with van der Waals surface area (Å²) < 4.78 is 5.33. The number of nitriles is 1. The zero-order valence-corrected chi connectivity index (χ0v) is 12.5. The fourth-order valence-corrected chi connectivity index (χ4v) is 2.38. The van der Waals surface area contributed by atoms with E-state index in [2.05, 4.69) is 21.7 Å². The van der Waals surface area contributed by atoms with Gasteiger partial charge in [0.25, 0.3) is 5.91 Å². The maximum absolute atomic E-state index is 11.9. The maximum atomic E-state index is 11.9. The number of rotatable bonds is 4. The van der Waals surface area contributed by atoms with Gasteiger partial charge in [0.05, 0.1) is 23.1 Å². The summed E-state index contributed by atoms with van der Waals surface area (Å²) in [6.45, 7) is 0.632. The van der Waals surface area contributed by atoms with Crippen LogP contribution in [0.1, 0.15) is 18.4 Å². The number of nitrogens with one attached hydrogen (secondary N) is 2. The summed E-state index contributed by atoms with van der Waals surface area (Å²) >= 11 is 0. The van der Waals surface area contributed by atoms with Gasteiger partial charge in [0, 0.05) is 6.61 Å². The van der Waals surface area contributed by atoms with Gasteiger partial charge in [-0.05, 0) is 37.1 Å². The van der Waals surface area contributed by atoms with Crippen molar-refractivity contribution in [2.24, 2.45) is 0 Å². The molecule has 0 saturated carbocycles. The zero-order chi connectivity index (χ0) is 16.1. The number of hydrogen-bond acceptors (Lipinski definition) is 5. The molecule has 0 bridgehead atoms. The number of benzene rings is 1. The Morgan fingerprint density at radius 1 is 1.30 bits per heavy atom. The highest BCUT2D eigenvalue weighted by Gasteiger charge is 2.23. The van der Waals surface area contributed by atoms with Crippen molar-refractivity contribution in [3.8, 4) is 6.07 Å². The van der Waals surface area contributed by atoms with Crippen LogP contribution in [0.15, 0.2) is 42.6 Å². The third-order valence-electron chi connectivity index (χ3n) is 3.56. The summed E-state index contributed by atoms with van der Waals surface area (Å²) in [5.74, 6) is 0.315. The van der Waals surface area contributed by atoms with Crippen LogP contribution in [0.4, 0.5) is 17.2 Å². The number of pyridine rings is 1. The van der Waals surface area contributed by atoms with Crippen molar-refractivity contribution in [1.82, 2.24) is 4.98 Å². The molecule has 1 amide bonds. The van der Waals surface area contributed by atoms with Crippen LogP contribution in [0.3, 0.4) is 0 Å². The maximum Gasteiger partial charge on any atom is 0.254 e. The van der Waals surface area contributed by atoms with Crippen LogP contribution in [0, 0.1) is 11.3 Å². The monoisotopic (exact) mass is 308 g/mol. The molecule has 1 unspecified atom stereocenters. The first-order valence-corrected chi connectivity index (χ1v) is 7.41. The van der Waals surface area contributed by atoms with Crippen LogP contribution >= 0.6 is 0 Å². The quantitative estimate of drug-likeness (QED) is 0.907. The van der Waals surface area contributed by atoms with Gasteiger partial charge in [-0.1, -0.05) is 12.1 Å². The summed E-state index contributed by atoms with van der Waals surface area (Å²) in [5.41, 5.74) is 2.01. The molecule has 0 spiro atoms. The van der Waals surface area contributed by atoms with Crippen molar-refractivity contribution >= 4 is 23.1 Å². The van der Waals surface area contributed by atoms with E-state index in [-0.39, 0.29) is 12.0 Å². The smallest absolute Gasteiger partial charge is 0.254 e. The van der Waals surface area contributed by atoms with Gasteiger partial charge in [-0.15, -0.1) is 0 Å². The molecule has 116 valence electrons. The van der Waals surface area contributed by atoms with Gasteiger partial charge in [-0.2, -0.15) is 5.26 Å². The molecule has 0 radical (unpaired) electrons. The average molecular weight is 308 g/mol. The van der Waals surface area contributed by atoms with Crippen molar-refractivity contribution in [2.45, 2.75) is 18.9 Å². The van der Waals surface area contributed by atoms with E-state index in [0.29, 0.717) is 23.7 Å². The molecule has 3 rings (SSSR count). The lowest BCUT2D eigenvalue weighted by Crippen LogP contribution is -2.27. The highest BCUT2D eigenvalue weighted by atomic mass is 16.5. The van der Waals surface area contributed by atoms with Crippen LogP contribution in [0.5, 0.6) is 0 Å². The number of carbonyl (C=O) groups excluding carboxylic acids is 1. The summed E-state index contributed by atoms with van der Waals surface area (Å²) in [6.07, 6.45) is 2.89. The van der Waals surface area contributed by atoms with Gasteiger partial charge in [-0.25, -0.2) is 4.98 Å². The second-order valence-electron chi connectivity index (χ2n) is 5.21. The first-order valence-electron chi connectivity index (χ1n) is 7.41. The van der Waals surface area contributed by atoms with Crippen LogP contribution < -0.4 is 10.6 Å². The first kappa shape index (κ1) is 15.0. The predicted octanol–water partition coefficient (Wildman–Crippen LogP) is 2.81. The molecule has 0 aliphatic carbocycles. The summed E-state index contributed by atoms with van der Waals surface area (Å²) in [6, 6.07) is 12.9. The number of carbonyl (C=O) groups is 1. The third-order valence-corrected chi connectivity index (χ3v) is 3.56. The Bertz CT molecular complexity index is 731. The first-order chi connectivity index (χ1) is 11.3. The Hall–Kier alpha value is -2.91. The number of anilines is 3. The molecule has 1 aromatic heterocycles. The van der Waals surface area contributed by atoms with E-state index in [1.54, 1.807) is 24.4 Å². The highest BCUT2D eigenvalue weighted by Crippen LogP contribution is 2.21. The molecule has 1 aliphatic rings. The Labute approximate surface area is 134 Å². The molecule has 1 fully saturated rings. The number of ether oxygens (including phenoxy) is 1. The van der Waals surface area contributed by atoms with Crippen molar-refractivity contribution in [3.05, 3.63) is 48.2 Å². The van der Waals surface area contributed by atoms with E-state index < -0.39 is 0 Å². The van der Waals surface area contributed by atoms with E-state index in [1.165, 1.54) is 0 Å². The van der Waals surface area contributed by atoms with Crippen LogP contribution in [0.25, 0.3) is 0 Å². The largest absolute Gasteiger partial charge is 0.368 e. The van der Waals surface area contributed by atoms with Gasteiger partial charge in [0.15, 0.2) is 0 Å². The van der Waals surface area contributed by atoms with E-state index >= 15 is 0 Å². The minimum Gasteiger partial charge on any atom is -0.368 e. The lowest BCUT2D eigenvalue weighted by Gasteiger charge is -2.11. The van der Waals surface area contributed by atoms with Gasteiger partial charge < -0.3 is 15.4 Å². The van der Waals surface area contributed by atoms with Crippen molar-refractivity contribution < 1.29 is 9.53 Å². The number of hydrogen-bond donors (Lipinski definition) is 2. The topological polar surface area (TPSA) is 87.0 Å². The molecule has 1 saturated heterocycles. The standard InChI is InChI=1S/C17H16N4O2/c18-10-12-4-1-2-5-14(12)20-13-7-8-16(19-11-13)21-17(22)15-6-3-9-23-15/h1-2,4-5,7-8,11,15,20H,3,6,9H2,(H,19,21,22). The normalized spacial score (nSPS) is 16.6. The zero-order valence-electron chi connectivity index (χ0n) is 12.5. The van der Waals surface area contributed by atoms with Crippen LogP contribution in [-0.4, -0.2) is 23.6 Å². The molecule has 2 aromatic rings. The lowest BCUT2D eigenvalue weighted by atomic mass is 10.2. The Morgan fingerprint density at radius 3 is 2.87 bits per heavy atom. The molecular weight excluding hydrogens is 292 g/mol. The number of amides is 1. The van der Waals surface area contributed by atoms with Gasteiger partial charge in [0.2, 0.25) is 0 Å². The van der Waals surface area contributed by atoms with Crippen molar-refractivity contribution in [2.75, 3.05) is 17.2 Å². The fraction of sp³-hybridized carbons (Fsp3) is 0.235. The SMILES string of the molecule is N#Cc1ccccc1Nc1ccc(NC(=O)C2CCCO2)nc1. The van der Waals surface area contributed by atoms with Crippen molar-refractivity contribution in [1.29, 1.82) is 5.26 Å². The van der Waals surface area contributed by atoms with E-state index in [4.69, 9.17) is 10.00 Å². The summed E-state index contributed by atoms with van der Waals surface area (Å²) in [4.78, 5) is 16.2. The van der Waals surface area contributed by atoms with Gasteiger partial charge >= 0.3 is 0 Å². The molecule has 2 heterocycles. The van der Waals surface area contributed by atoms with E-state index in [9.17, 15) is 4.79 Å². The van der Waals surface area contributed by atoms with Crippen LogP contribution in [0.2, 0.25) is 0 Å². The summed E-state index contributed by atoms with van der Waals surface area (Å²) in [7, 11) is 0. The molecule has 2 N–H and O–H groups in total. The number of para-hydroxylation sites is 1. The number of aromatic nitrogens is 1. The molecule has 1 aromatic carbocycles. The highest BCUT2D eigenvalue weighted by molar-refractivity contribution is 5.93. The molecular formula is C17H16N4O2. The van der Waals surface area contributed by atoms with E-state index in [0.717, 1.165) is 18.5 Å². The third kappa shape index (κ3) is 3.65. The van der Waals surface area contributed by atoms with Gasteiger partial charge in [0.1, 0.15) is 18.0 Å². The average Bonchev–Trinajstić information content (AvgIpc) is 3.12. The molecule has 1 aliphatic heterocycles. The summed E-state index contributed by atoms with van der Waals surface area (Å²) in [5, 5.41) is 15.0. The van der Waals surface area contributed by atoms with Crippen molar-refractivity contribution in [3.63, 3.8) is 0 Å². The minimum atomic E-state index is -0.378. The predicted molar refractivity (Wildman–Crippen MR) is 86.3 cm³/mol. The lowest BCUT2D eigenvalue weighted by molar-refractivity contribution is -0.124. The Balaban J connectivity index is 1.65. The Morgan fingerprint density at radius 2 is 2.17 bits per heavy atom. The molecule has 1 atom stereocenters. The van der Waals surface area contributed by atoms with Crippen LogP contribution in [-0.2, 0) is 9.53 Å². The second-order valence-corrected chi connectivity index (χ2v) is 5.21.